The van der Waals surface area contributed by atoms with Gasteiger partial charge in [0.2, 0.25) is 6.79 Å². The van der Waals surface area contributed by atoms with Crippen molar-refractivity contribution in [2.45, 2.75) is 6.92 Å². The van der Waals surface area contributed by atoms with Crippen LogP contribution in [0.5, 0.6) is 11.5 Å². The van der Waals surface area contributed by atoms with Gasteiger partial charge in [-0.2, -0.15) is 5.10 Å². The molecule has 9 heteroatoms. The van der Waals surface area contributed by atoms with Crippen LogP contribution in [0, 0.1) is 17.0 Å². The summed E-state index contributed by atoms with van der Waals surface area (Å²) < 4.78 is 16.1. The lowest BCUT2D eigenvalue weighted by Gasteiger charge is -2.01. The molecule has 29 heavy (non-hydrogen) atoms. The third kappa shape index (κ3) is 3.79. The number of rotatable bonds is 5. The highest BCUT2D eigenvalue weighted by molar-refractivity contribution is 5.95. The number of nitro groups is 1. The maximum atomic E-state index is 12.2. The molecule has 0 spiro atoms. The minimum atomic E-state index is -0.435. The van der Waals surface area contributed by atoms with Crippen LogP contribution in [0.4, 0.5) is 5.69 Å². The summed E-state index contributed by atoms with van der Waals surface area (Å²) in [6, 6.07) is 13.0. The van der Waals surface area contributed by atoms with Crippen molar-refractivity contribution in [3.05, 3.63) is 75.5 Å². The van der Waals surface area contributed by atoms with E-state index in [1.54, 1.807) is 49.4 Å². The summed E-state index contributed by atoms with van der Waals surface area (Å²) in [6.45, 7) is 1.80. The zero-order chi connectivity index (χ0) is 20.4. The van der Waals surface area contributed by atoms with E-state index in [1.807, 2.05) is 0 Å². The number of nitro benzene ring substituents is 1. The van der Waals surface area contributed by atoms with Crippen LogP contribution in [-0.4, -0.2) is 23.8 Å². The number of hydrogen-bond acceptors (Lipinski definition) is 7. The number of aryl methyl sites for hydroxylation is 1. The largest absolute Gasteiger partial charge is 0.455 e. The Bertz CT molecular complexity index is 1130. The number of furan rings is 1. The normalized spacial score (nSPS) is 12.3. The molecule has 0 bridgehead atoms. The first kappa shape index (κ1) is 18.2. The fourth-order valence-corrected chi connectivity index (χ4v) is 2.79. The molecule has 0 saturated carbocycles. The number of nitrogens with one attached hydrogen (secondary N) is 1. The number of ether oxygens (including phenoxy) is 2. The molecule has 0 aliphatic carbocycles. The third-order valence-corrected chi connectivity index (χ3v) is 4.31. The molecule has 0 radical (unpaired) electrons. The smallest absolute Gasteiger partial charge is 0.273 e. The Balaban J connectivity index is 1.44. The van der Waals surface area contributed by atoms with Crippen molar-refractivity contribution in [3.8, 4) is 22.8 Å². The van der Waals surface area contributed by atoms with Crippen molar-refractivity contribution in [1.82, 2.24) is 5.43 Å². The Labute approximate surface area is 164 Å². The van der Waals surface area contributed by atoms with Crippen LogP contribution < -0.4 is 14.9 Å². The van der Waals surface area contributed by atoms with Crippen LogP contribution in [0.1, 0.15) is 21.7 Å². The van der Waals surface area contributed by atoms with Crippen molar-refractivity contribution < 1.29 is 23.6 Å². The molecule has 0 saturated heterocycles. The van der Waals surface area contributed by atoms with Gasteiger partial charge in [0.05, 0.1) is 11.1 Å². The van der Waals surface area contributed by atoms with Gasteiger partial charge in [-0.25, -0.2) is 5.43 Å². The lowest BCUT2D eigenvalue weighted by Crippen LogP contribution is -2.17. The highest BCUT2D eigenvalue weighted by Gasteiger charge is 2.16. The van der Waals surface area contributed by atoms with E-state index in [1.165, 1.54) is 12.3 Å². The predicted octanol–water partition coefficient (Wildman–Crippen LogP) is 3.66. The van der Waals surface area contributed by atoms with Crippen LogP contribution in [0.2, 0.25) is 0 Å². The molecule has 146 valence electrons. The topological polar surface area (TPSA) is 116 Å². The van der Waals surface area contributed by atoms with Crippen LogP contribution in [0.15, 0.2) is 58.0 Å². The average molecular weight is 393 g/mol. The van der Waals surface area contributed by atoms with Gasteiger partial charge in [-0.15, -0.1) is 0 Å². The van der Waals surface area contributed by atoms with E-state index in [0.29, 0.717) is 39.7 Å². The van der Waals surface area contributed by atoms with E-state index in [-0.39, 0.29) is 12.5 Å². The van der Waals surface area contributed by atoms with Crippen molar-refractivity contribution in [2.24, 2.45) is 5.10 Å². The quantitative estimate of drug-likeness (QED) is 0.402. The average Bonchev–Trinajstić information content (AvgIpc) is 3.36. The first-order chi connectivity index (χ1) is 14.0. The Morgan fingerprint density at radius 1 is 1.14 bits per heavy atom. The number of benzene rings is 2. The number of carbonyl (C=O) groups is 1. The summed E-state index contributed by atoms with van der Waals surface area (Å²) in [5.41, 5.74) is 3.94. The van der Waals surface area contributed by atoms with E-state index in [2.05, 4.69) is 10.5 Å². The van der Waals surface area contributed by atoms with Gasteiger partial charge in [-0.3, -0.25) is 14.9 Å². The number of nitrogens with zero attached hydrogens (tertiary/aromatic N) is 2. The number of hydrogen-bond donors (Lipinski definition) is 1. The van der Waals surface area contributed by atoms with Gasteiger partial charge in [0, 0.05) is 22.8 Å². The molecule has 3 aromatic rings. The van der Waals surface area contributed by atoms with Gasteiger partial charge in [0.25, 0.3) is 11.6 Å². The maximum Gasteiger partial charge on any atom is 0.273 e. The highest BCUT2D eigenvalue weighted by atomic mass is 16.7. The molecule has 1 N–H and O–H groups in total. The van der Waals surface area contributed by atoms with Crippen LogP contribution in [-0.2, 0) is 0 Å². The Morgan fingerprint density at radius 3 is 2.79 bits per heavy atom. The highest BCUT2D eigenvalue weighted by Crippen LogP contribution is 2.32. The zero-order valence-corrected chi connectivity index (χ0v) is 15.2. The van der Waals surface area contributed by atoms with Crippen LogP contribution in [0.3, 0.4) is 0 Å². The lowest BCUT2D eigenvalue weighted by molar-refractivity contribution is -0.385. The molecule has 1 aromatic heterocycles. The zero-order valence-electron chi connectivity index (χ0n) is 15.2. The molecule has 9 nitrogen and oxygen atoms in total. The summed E-state index contributed by atoms with van der Waals surface area (Å²) in [4.78, 5) is 22.8. The summed E-state index contributed by atoms with van der Waals surface area (Å²) in [5.74, 6) is 1.51. The number of fused-ring (bicyclic) bond motifs is 1. The second kappa shape index (κ2) is 7.47. The predicted molar refractivity (Wildman–Crippen MR) is 103 cm³/mol. The van der Waals surface area contributed by atoms with Gasteiger partial charge >= 0.3 is 0 Å². The molecular weight excluding hydrogens is 378 g/mol. The molecule has 0 unspecified atom stereocenters. The minimum Gasteiger partial charge on any atom is -0.455 e. The standard InChI is InChI=1S/C20H15N3O6/c1-12-2-3-13(8-16(12)23(25)26)17-7-5-15(29-17)10-21-22-20(24)14-4-6-18-19(9-14)28-11-27-18/h2-10H,11H2,1H3,(H,22,24). The van der Waals surface area contributed by atoms with Crippen molar-refractivity contribution in [1.29, 1.82) is 0 Å². The number of amides is 1. The van der Waals surface area contributed by atoms with Gasteiger partial charge in [0.15, 0.2) is 11.5 Å². The number of hydrazone groups is 1. The molecule has 1 aliphatic rings. The minimum absolute atomic E-state index is 0.0186. The molecular formula is C20H15N3O6. The molecule has 4 rings (SSSR count). The Kier molecular flexibility index (Phi) is 4.70. The molecule has 2 heterocycles. The second-order valence-corrected chi connectivity index (χ2v) is 6.23. The summed E-state index contributed by atoms with van der Waals surface area (Å²) in [6.07, 6.45) is 1.34. The van der Waals surface area contributed by atoms with Crippen LogP contribution >= 0.6 is 0 Å². The van der Waals surface area contributed by atoms with Gasteiger partial charge < -0.3 is 13.9 Å². The second-order valence-electron chi connectivity index (χ2n) is 6.23. The van der Waals surface area contributed by atoms with Crippen molar-refractivity contribution in [3.63, 3.8) is 0 Å². The van der Waals surface area contributed by atoms with E-state index in [4.69, 9.17) is 13.9 Å². The number of carbonyl (C=O) groups excluding carboxylic acids is 1. The maximum absolute atomic E-state index is 12.2. The van der Waals surface area contributed by atoms with Gasteiger partial charge in [0.1, 0.15) is 11.5 Å². The SMILES string of the molecule is Cc1ccc(-c2ccc(C=NNC(=O)c3ccc4c(c3)OCO4)o2)cc1[N+](=O)[O-]. The summed E-state index contributed by atoms with van der Waals surface area (Å²) in [5, 5.41) is 15.0. The summed E-state index contributed by atoms with van der Waals surface area (Å²) >= 11 is 0. The fraction of sp³-hybridized carbons (Fsp3) is 0.100. The fourth-order valence-electron chi connectivity index (χ4n) is 2.79. The third-order valence-electron chi connectivity index (χ3n) is 4.31. The van der Waals surface area contributed by atoms with Crippen molar-refractivity contribution in [2.75, 3.05) is 6.79 Å². The van der Waals surface area contributed by atoms with E-state index in [9.17, 15) is 14.9 Å². The van der Waals surface area contributed by atoms with E-state index in [0.717, 1.165) is 0 Å². The lowest BCUT2D eigenvalue weighted by atomic mass is 10.1. The molecule has 1 amide bonds. The Morgan fingerprint density at radius 2 is 1.97 bits per heavy atom. The van der Waals surface area contributed by atoms with Gasteiger partial charge in [-0.1, -0.05) is 12.1 Å². The van der Waals surface area contributed by atoms with Crippen LogP contribution in [0.25, 0.3) is 11.3 Å². The van der Waals surface area contributed by atoms with E-state index >= 15 is 0 Å². The monoisotopic (exact) mass is 393 g/mol. The van der Waals surface area contributed by atoms with Crippen molar-refractivity contribution >= 4 is 17.8 Å². The molecule has 0 atom stereocenters. The first-order valence-electron chi connectivity index (χ1n) is 8.59. The summed E-state index contributed by atoms with van der Waals surface area (Å²) in [7, 11) is 0. The first-order valence-corrected chi connectivity index (χ1v) is 8.59. The Hall–Kier alpha value is -4.14. The molecule has 2 aromatic carbocycles. The van der Waals surface area contributed by atoms with Gasteiger partial charge in [-0.05, 0) is 37.3 Å². The van der Waals surface area contributed by atoms with E-state index < -0.39 is 10.8 Å². The molecule has 1 aliphatic heterocycles. The molecule has 0 fully saturated rings.